The molecule has 0 aliphatic heterocycles. The van der Waals surface area contributed by atoms with E-state index in [0.29, 0.717) is 0 Å². The van der Waals surface area contributed by atoms with Gasteiger partial charge in [-0.25, -0.2) is 0 Å². The van der Waals surface area contributed by atoms with E-state index in [1.54, 1.807) is 0 Å². The number of hydrogen-bond acceptors (Lipinski definition) is 2. The maximum absolute atomic E-state index is 4.39. The number of aromatic amines is 1. The van der Waals surface area contributed by atoms with E-state index in [1.807, 2.05) is 37.1 Å². The Labute approximate surface area is 82.9 Å². The quantitative estimate of drug-likeness (QED) is 0.762. The van der Waals surface area contributed by atoms with E-state index >= 15 is 0 Å². The summed E-state index contributed by atoms with van der Waals surface area (Å²) in [6, 6.07) is 6.11. The summed E-state index contributed by atoms with van der Waals surface area (Å²) >= 11 is 0. The summed E-state index contributed by atoms with van der Waals surface area (Å²) in [5.74, 6) is 0. The molecule has 74 valence electrons. The Morgan fingerprint density at radius 2 is 2.43 bits per heavy atom. The average Bonchev–Trinajstić information content (AvgIpc) is 2.74. The van der Waals surface area contributed by atoms with E-state index in [0.717, 1.165) is 23.6 Å². The molecule has 0 bridgehead atoms. The first kappa shape index (κ1) is 9.02. The van der Waals surface area contributed by atoms with Crippen molar-refractivity contribution in [3.05, 3.63) is 30.1 Å². The SMILES string of the molecule is CNCc1cc(-c2ccc[nH]2)n(C)n1. The van der Waals surface area contributed by atoms with Crippen LogP contribution in [-0.2, 0) is 13.6 Å². The molecule has 4 heteroatoms. The largest absolute Gasteiger partial charge is 0.360 e. The topological polar surface area (TPSA) is 45.6 Å². The summed E-state index contributed by atoms with van der Waals surface area (Å²) in [7, 11) is 3.87. The molecule has 0 radical (unpaired) electrons. The Kier molecular flexibility index (Phi) is 2.37. The average molecular weight is 190 g/mol. The van der Waals surface area contributed by atoms with Gasteiger partial charge in [-0.2, -0.15) is 5.10 Å². The van der Waals surface area contributed by atoms with Crippen molar-refractivity contribution in [2.45, 2.75) is 6.54 Å². The van der Waals surface area contributed by atoms with E-state index < -0.39 is 0 Å². The van der Waals surface area contributed by atoms with Crippen molar-refractivity contribution in [3.8, 4) is 11.4 Å². The van der Waals surface area contributed by atoms with E-state index in [-0.39, 0.29) is 0 Å². The lowest BCUT2D eigenvalue weighted by molar-refractivity contribution is 0.715. The van der Waals surface area contributed by atoms with Crippen LogP contribution in [0.5, 0.6) is 0 Å². The number of nitrogens with zero attached hydrogens (tertiary/aromatic N) is 2. The Morgan fingerprint density at radius 3 is 3.07 bits per heavy atom. The maximum atomic E-state index is 4.39. The normalized spacial score (nSPS) is 10.7. The molecule has 0 unspecified atom stereocenters. The van der Waals surface area contributed by atoms with E-state index in [4.69, 9.17) is 0 Å². The predicted octanol–water partition coefficient (Wildman–Crippen LogP) is 1.13. The maximum Gasteiger partial charge on any atom is 0.0844 e. The minimum absolute atomic E-state index is 0.800. The summed E-state index contributed by atoms with van der Waals surface area (Å²) in [5.41, 5.74) is 3.27. The summed E-state index contributed by atoms with van der Waals surface area (Å²) in [6.07, 6.45) is 1.92. The van der Waals surface area contributed by atoms with Gasteiger partial charge in [-0.05, 0) is 25.2 Å². The Balaban J connectivity index is 2.35. The van der Waals surface area contributed by atoms with Crippen molar-refractivity contribution in [2.24, 2.45) is 7.05 Å². The summed E-state index contributed by atoms with van der Waals surface area (Å²) in [4.78, 5) is 3.17. The van der Waals surface area contributed by atoms with E-state index in [2.05, 4.69) is 21.5 Å². The van der Waals surface area contributed by atoms with Gasteiger partial charge in [0, 0.05) is 19.8 Å². The first-order valence-electron chi connectivity index (χ1n) is 4.62. The summed E-state index contributed by atoms with van der Waals surface area (Å²) in [5, 5.41) is 7.47. The van der Waals surface area contributed by atoms with Gasteiger partial charge >= 0.3 is 0 Å². The highest BCUT2D eigenvalue weighted by molar-refractivity contribution is 5.55. The minimum Gasteiger partial charge on any atom is -0.360 e. The van der Waals surface area contributed by atoms with Gasteiger partial charge in [0.05, 0.1) is 17.1 Å². The zero-order valence-corrected chi connectivity index (χ0v) is 8.41. The molecule has 4 nitrogen and oxygen atoms in total. The standard InChI is InChI=1S/C10H14N4/c1-11-7-8-6-10(14(2)13-8)9-4-3-5-12-9/h3-6,11-12H,7H2,1-2H3. The number of hydrogen-bond donors (Lipinski definition) is 2. The fraction of sp³-hybridized carbons (Fsp3) is 0.300. The minimum atomic E-state index is 0.800. The molecule has 0 aliphatic rings. The third kappa shape index (κ3) is 1.56. The second kappa shape index (κ2) is 3.67. The zero-order valence-electron chi connectivity index (χ0n) is 8.41. The molecule has 2 aromatic heterocycles. The van der Waals surface area contributed by atoms with Crippen molar-refractivity contribution in [1.82, 2.24) is 20.1 Å². The van der Waals surface area contributed by atoms with Crippen LogP contribution in [0.2, 0.25) is 0 Å². The molecule has 0 aromatic carbocycles. The second-order valence-electron chi connectivity index (χ2n) is 3.26. The second-order valence-corrected chi connectivity index (χ2v) is 3.26. The van der Waals surface area contributed by atoms with Gasteiger partial charge in [-0.3, -0.25) is 4.68 Å². The number of aryl methyl sites for hydroxylation is 1. The molecule has 0 amide bonds. The lowest BCUT2D eigenvalue weighted by atomic mass is 10.3. The van der Waals surface area contributed by atoms with Crippen LogP contribution >= 0.6 is 0 Å². The van der Waals surface area contributed by atoms with Crippen LogP contribution in [-0.4, -0.2) is 21.8 Å². The van der Waals surface area contributed by atoms with Crippen LogP contribution < -0.4 is 5.32 Å². The molecule has 14 heavy (non-hydrogen) atoms. The van der Waals surface area contributed by atoms with Crippen molar-refractivity contribution in [2.75, 3.05) is 7.05 Å². The van der Waals surface area contributed by atoms with Gasteiger partial charge in [0.25, 0.3) is 0 Å². The molecule has 2 rings (SSSR count). The Morgan fingerprint density at radius 1 is 1.57 bits per heavy atom. The third-order valence-corrected chi connectivity index (χ3v) is 2.16. The van der Waals surface area contributed by atoms with E-state index in [9.17, 15) is 0 Å². The van der Waals surface area contributed by atoms with Crippen LogP contribution in [0.25, 0.3) is 11.4 Å². The molecule has 0 atom stereocenters. The fourth-order valence-electron chi connectivity index (χ4n) is 1.54. The van der Waals surface area contributed by atoms with Gasteiger partial charge < -0.3 is 10.3 Å². The van der Waals surface area contributed by atoms with Crippen LogP contribution in [0.1, 0.15) is 5.69 Å². The van der Waals surface area contributed by atoms with Gasteiger partial charge in [0.2, 0.25) is 0 Å². The van der Waals surface area contributed by atoms with Gasteiger partial charge in [0.15, 0.2) is 0 Å². The van der Waals surface area contributed by atoms with Crippen molar-refractivity contribution in [1.29, 1.82) is 0 Å². The Bertz CT molecular complexity index is 400. The lowest BCUT2D eigenvalue weighted by Gasteiger charge is -1.96. The van der Waals surface area contributed by atoms with Crippen LogP contribution in [0.15, 0.2) is 24.4 Å². The lowest BCUT2D eigenvalue weighted by Crippen LogP contribution is -2.05. The molecule has 2 heterocycles. The molecular formula is C10H14N4. The van der Waals surface area contributed by atoms with Crippen LogP contribution in [0, 0.1) is 0 Å². The van der Waals surface area contributed by atoms with Crippen LogP contribution in [0.4, 0.5) is 0 Å². The molecule has 2 N–H and O–H groups in total. The summed E-state index contributed by atoms with van der Waals surface area (Å²) in [6.45, 7) is 0.800. The highest BCUT2D eigenvalue weighted by atomic mass is 15.3. The highest BCUT2D eigenvalue weighted by Crippen LogP contribution is 2.17. The molecule has 0 saturated heterocycles. The highest BCUT2D eigenvalue weighted by Gasteiger charge is 2.06. The third-order valence-electron chi connectivity index (χ3n) is 2.16. The number of aromatic nitrogens is 3. The van der Waals surface area contributed by atoms with E-state index in [1.165, 1.54) is 0 Å². The van der Waals surface area contributed by atoms with Crippen molar-refractivity contribution in [3.63, 3.8) is 0 Å². The monoisotopic (exact) mass is 190 g/mol. The Hall–Kier alpha value is -1.55. The number of H-pyrrole nitrogens is 1. The van der Waals surface area contributed by atoms with Crippen molar-refractivity contribution >= 4 is 0 Å². The molecule has 0 spiro atoms. The number of nitrogens with one attached hydrogen (secondary N) is 2. The molecule has 2 aromatic rings. The van der Waals surface area contributed by atoms with Gasteiger partial charge in [0.1, 0.15) is 0 Å². The summed E-state index contributed by atoms with van der Waals surface area (Å²) < 4.78 is 1.89. The zero-order chi connectivity index (χ0) is 9.97. The molecule has 0 fully saturated rings. The van der Waals surface area contributed by atoms with Crippen LogP contribution in [0.3, 0.4) is 0 Å². The smallest absolute Gasteiger partial charge is 0.0844 e. The first-order chi connectivity index (χ1) is 6.81. The van der Waals surface area contributed by atoms with Gasteiger partial charge in [-0.15, -0.1) is 0 Å². The fourth-order valence-corrected chi connectivity index (χ4v) is 1.54. The van der Waals surface area contributed by atoms with Crippen molar-refractivity contribution < 1.29 is 0 Å². The first-order valence-corrected chi connectivity index (χ1v) is 4.62. The molecule has 0 aliphatic carbocycles. The van der Waals surface area contributed by atoms with Gasteiger partial charge in [-0.1, -0.05) is 0 Å². The predicted molar refractivity (Wildman–Crippen MR) is 55.8 cm³/mol. The molecular weight excluding hydrogens is 176 g/mol. The number of rotatable bonds is 3. The molecule has 0 saturated carbocycles.